The van der Waals surface area contributed by atoms with Gasteiger partial charge in [0, 0.05) is 146 Å². The first-order valence-electron chi connectivity index (χ1n) is 26.7. The van der Waals surface area contributed by atoms with E-state index in [-0.39, 0.29) is 41.5 Å². The van der Waals surface area contributed by atoms with Crippen molar-refractivity contribution in [3.8, 4) is 42.3 Å². The van der Waals surface area contributed by atoms with Gasteiger partial charge < -0.3 is 14.7 Å². The number of thioether (sulfide) groups is 4. The molecule has 27 heteroatoms. The second kappa shape index (κ2) is 35.3. The summed E-state index contributed by atoms with van der Waals surface area (Å²) in [4.78, 5) is 90.5. The zero-order valence-electron chi connectivity index (χ0n) is 48.7. The first-order valence-corrected chi connectivity index (χ1v) is 36.6. The molecule has 16 nitrogen and oxygen atoms in total. The minimum Gasteiger partial charge on any atom is -0.305 e. The number of anilines is 4. The maximum atomic E-state index is 12.8. The molecule has 2 unspecified atom stereocenters. The maximum absolute atomic E-state index is 12.8. The Morgan fingerprint density at radius 2 is 0.929 bits per heavy atom. The van der Waals surface area contributed by atoms with Crippen molar-refractivity contribution in [2.75, 3.05) is 88.3 Å². The number of pyridine rings is 4. The van der Waals surface area contributed by atoms with Crippen LogP contribution in [0.1, 0.15) is 52.1 Å². The van der Waals surface area contributed by atoms with Crippen molar-refractivity contribution < 1.29 is 19.2 Å². The van der Waals surface area contributed by atoms with E-state index >= 15 is 0 Å². The third kappa shape index (κ3) is 19.9. The summed E-state index contributed by atoms with van der Waals surface area (Å²) >= 11 is 31.2. The highest BCUT2D eigenvalue weighted by atomic mass is 35.5. The van der Waals surface area contributed by atoms with Gasteiger partial charge in [0.1, 0.15) is 40.0 Å². The highest BCUT2D eigenvalue weighted by Crippen LogP contribution is 2.44. The quantitative estimate of drug-likeness (QED) is 0.0623. The number of hydrogen-bond acceptors (Lipinski definition) is 20. The van der Waals surface area contributed by atoms with Gasteiger partial charge in [-0.2, -0.15) is 47.0 Å². The number of halogens is 3. The Hall–Kier alpha value is -4.73. The lowest BCUT2D eigenvalue weighted by Crippen LogP contribution is -2.37. The van der Waals surface area contributed by atoms with Crippen LogP contribution in [0.15, 0.2) is 98.1 Å². The Kier molecular flexibility index (Phi) is 28.8. The Morgan fingerprint density at radius 3 is 1.34 bits per heavy atom. The van der Waals surface area contributed by atoms with E-state index in [4.69, 9.17) is 34.8 Å². The van der Waals surface area contributed by atoms with E-state index in [0.29, 0.717) is 44.8 Å². The molecular formula is C58H67Cl3N12O4S8. The molecule has 0 spiro atoms. The van der Waals surface area contributed by atoms with E-state index in [1.165, 1.54) is 45.3 Å². The minimum atomic E-state index is -0.0226. The number of amides is 4. The smallest absolute Gasteiger partial charge is 0.231 e. The van der Waals surface area contributed by atoms with Crippen LogP contribution in [-0.2, 0) is 19.2 Å². The zero-order valence-corrected chi connectivity index (χ0v) is 57.5. The molecule has 9 rings (SSSR count). The largest absolute Gasteiger partial charge is 0.305 e. The minimum absolute atomic E-state index is 0.00772. The molecule has 0 N–H and O–H groups in total. The number of thiazole rings is 4. The van der Waals surface area contributed by atoms with Gasteiger partial charge in [-0.15, -0.1) is 0 Å². The zero-order chi connectivity index (χ0) is 61.6. The summed E-state index contributed by atoms with van der Waals surface area (Å²) in [5.41, 5.74) is 4.59. The first-order chi connectivity index (χ1) is 41.0. The van der Waals surface area contributed by atoms with Crippen LogP contribution in [0.5, 0.6) is 0 Å². The average Bonchev–Trinajstić information content (AvgIpc) is 2.85. The molecule has 8 heterocycles. The van der Waals surface area contributed by atoms with Crippen molar-refractivity contribution in [2.45, 2.75) is 59.4 Å². The van der Waals surface area contributed by atoms with E-state index in [9.17, 15) is 19.2 Å². The standard InChI is InChI=1S/C16H18ClN3OS2.C15H19N3OS2.C14H16ClN3OS2.C13H14ClN3OS2/c1-10(9-22-2)15(21)20(12-5-6-12)16-13(17)19-14(23-16)11-4-3-7-18-8-11;1-10(9-20-4)14(19)18(3)15-11(2)17-13(21-15)12-6-5-7-16-8-12;1-3-18(11(19)6-8-20-2)14-12(15)17-13(21-14)10-5-4-7-16-9-10;1-17(10(18)5-7-19-2)13-11(14)16-12(20-13)9-4-3-6-15-8-9/h3-4,7-8,10,12H,5-6,9H2,1-2H3;5-8,10H,9H2,1-4H3;4-5,7,9H,3,6,8H2,1-2H3;3-4,6,8H,5,7H2,1-2H3. The second-order valence-corrected chi connectivity index (χ2v) is 27.6. The van der Waals surface area contributed by atoms with Gasteiger partial charge >= 0.3 is 0 Å². The van der Waals surface area contributed by atoms with Crippen LogP contribution in [0, 0.1) is 18.8 Å². The molecule has 1 saturated carbocycles. The van der Waals surface area contributed by atoms with Crippen molar-refractivity contribution in [3.63, 3.8) is 0 Å². The topological polar surface area (TPSA) is 184 Å². The van der Waals surface area contributed by atoms with Gasteiger partial charge in [-0.3, -0.25) is 44.0 Å². The van der Waals surface area contributed by atoms with Gasteiger partial charge in [0.25, 0.3) is 0 Å². The number of carbonyl (C=O) groups excluding carboxylic acids is 4. The predicted molar refractivity (Wildman–Crippen MR) is 368 cm³/mol. The van der Waals surface area contributed by atoms with Crippen molar-refractivity contribution in [2.24, 2.45) is 11.8 Å². The number of aromatic nitrogens is 8. The molecule has 0 aliphatic heterocycles. The summed E-state index contributed by atoms with van der Waals surface area (Å²) in [6.45, 7) is 8.41. The van der Waals surface area contributed by atoms with Crippen molar-refractivity contribution in [1.82, 2.24) is 39.9 Å². The monoisotopic (exact) mass is 1360 g/mol. The SMILES string of the molecule is CCN(C(=O)CCSC)c1sc(-c2cccnc2)nc1Cl.CSCC(C)C(=O)N(C)c1sc(-c2cccnc2)nc1C.CSCC(C)C(=O)N(c1sc(-c2cccnc2)nc1Cl)C1CC1.CSCCC(=O)N(C)c1sc(-c2cccnc2)nc1Cl. The molecule has 0 bridgehead atoms. The molecule has 0 aromatic carbocycles. The third-order valence-corrected chi connectivity index (χ3v) is 21.1. The fourth-order valence-corrected chi connectivity index (χ4v) is 15.0. The van der Waals surface area contributed by atoms with Gasteiger partial charge in [-0.1, -0.05) is 94.0 Å². The number of nitrogens with zero attached hydrogens (tertiary/aromatic N) is 12. The Balaban J connectivity index is 0.000000182. The third-order valence-electron chi connectivity index (χ3n) is 12.4. The van der Waals surface area contributed by atoms with E-state index in [0.717, 1.165) is 93.8 Å². The van der Waals surface area contributed by atoms with Crippen LogP contribution < -0.4 is 19.6 Å². The predicted octanol–water partition coefficient (Wildman–Crippen LogP) is 15.4. The van der Waals surface area contributed by atoms with Gasteiger partial charge in [0.2, 0.25) is 23.6 Å². The molecular weight excluding hydrogens is 1290 g/mol. The fraction of sp³-hybridized carbons (Fsp3) is 0.379. The Morgan fingerprint density at radius 1 is 0.541 bits per heavy atom. The maximum Gasteiger partial charge on any atom is 0.231 e. The van der Waals surface area contributed by atoms with E-state index in [1.807, 2.05) is 113 Å². The fourth-order valence-electron chi connectivity index (χ4n) is 7.87. The van der Waals surface area contributed by atoms with Gasteiger partial charge in [-0.25, -0.2) is 19.9 Å². The van der Waals surface area contributed by atoms with Crippen LogP contribution in [0.3, 0.4) is 0 Å². The van der Waals surface area contributed by atoms with Crippen LogP contribution in [0.25, 0.3) is 42.3 Å². The first kappa shape index (κ1) is 69.4. The molecule has 8 aromatic rings. The summed E-state index contributed by atoms with van der Waals surface area (Å²) in [7, 11) is 3.56. The van der Waals surface area contributed by atoms with Gasteiger partial charge in [0.15, 0.2) is 15.5 Å². The summed E-state index contributed by atoms with van der Waals surface area (Å²) in [6.07, 6.45) is 25.0. The van der Waals surface area contributed by atoms with E-state index < -0.39 is 0 Å². The van der Waals surface area contributed by atoms with Crippen LogP contribution in [0.2, 0.25) is 15.5 Å². The number of hydrogen-bond donors (Lipinski definition) is 0. The molecule has 1 aliphatic rings. The molecule has 8 aromatic heterocycles. The Labute approximate surface area is 546 Å². The highest BCUT2D eigenvalue weighted by molar-refractivity contribution is 7.99. The van der Waals surface area contributed by atoms with Crippen LogP contribution in [0.4, 0.5) is 20.0 Å². The van der Waals surface area contributed by atoms with E-state index in [2.05, 4.69) is 39.9 Å². The normalized spacial score (nSPS) is 12.3. The molecule has 85 heavy (non-hydrogen) atoms. The van der Waals surface area contributed by atoms with Crippen molar-refractivity contribution in [1.29, 1.82) is 0 Å². The average molecular weight is 1360 g/mol. The lowest BCUT2D eigenvalue weighted by Gasteiger charge is -2.24. The molecule has 0 saturated heterocycles. The van der Waals surface area contributed by atoms with Gasteiger partial charge in [-0.05, 0) is 100 Å². The Bertz CT molecular complexity index is 3380. The van der Waals surface area contributed by atoms with Crippen molar-refractivity contribution in [3.05, 3.63) is 119 Å². The lowest BCUT2D eigenvalue weighted by molar-refractivity contribution is -0.121. The molecule has 452 valence electrons. The highest BCUT2D eigenvalue weighted by Gasteiger charge is 2.38. The lowest BCUT2D eigenvalue weighted by atomic mass is 10.2. The summed E-state index contributed by atoms with van der Waals surface area (Å²) in [5.74, 6) is 3.64. The van der Waals surface area contributed by atoms with Gasteiger partial charge in [0.05, 0.1) is 5.69 Å². The molecule has 0 radical (unpaired) electrons. The molecule has 1 aliphatic carbocycles. The summed E-state index contributed by atoms with van der Waals surface area (Å²) < 4.78 is 0. The number of aryl methyl sites for hydroxylation is 1. The number of carbonyl (C=O) groups is 4. The van der Waals surface area contributed by atoms with Crippen LogP contribution in [-0.4, -0.2) is 138 Å². The van der Waals surface area contributed by atoms with Crippen LogP contribution >= 0.6 is 127 Å². The molecule has 4 amide bonds. The second-order valence-electron chi connectivity index (χ2n) is 18.8. The van der Waals surface area contributed by atoms with Crippen molar-refractivity contribution >= 4 is 171 Å². The molecule has 1 fully saturated rings. The number of rotatable bonds is 22. The molecule has 2 atom stereocenters. The summed E-state index contributed by atoms with van der Waals surface area (Å²) in [6, 6.07) is 15.5. The van der Waals surface area contributed by atoms with E-state index in [1.54, 1.807) is 118 Å². The summed E-state index contributed by atoms with van der Waals surface area (Å²) in [5, 5.41) is 7.44.